The Morgan fingerprint density at radius 1 is 1.53 bits per heavy atom. The van der Waals surface area contributed by atoms with Gasteiger partial charge < -0.3 is 5.21 Å². The van der Waals surface area contributed by atoms with E-state index in [0.717, 1.165) is 37.5 Å². The zero-order chi connectivity index (χ0) is 12.3. The van der Waals surface area contributed by atoms with Gasteiger partial charge in [-0.25, -0.2) is 0 Å². The van der Waals surface area contributed by atoms with E-state index < -0.39 is 0 Å². The molecular formula is C10H18N6O. The van der Waals surface area contributed by atoms with Crippen LogP contribution in [0.2, 0.25) is 0 Å². The van der Waals surface area contributed by atoms with Gasteiger partial charge in [0.1, 0.15) is 0 Å². The van der Waals surface area contributed by atoms with Gasteiger partial charge in [0.25, 0.3) is 0 Å². The van der Waals surface area contributed by atoms with Crippen LogP contribution in [-0.4, -0.2) is 49.1 Å². The predicted octanol–water partition coefficient (Wildman–Crippen LogP) is 0.272. The quantitative estimate of drug-likeness (QED) is 0.604. The molecule has 1 aromatic heterocycles. The van der Waals surface area contributed by atoms with Crippen LogP contribution in [0.3, 0.4) is 0 Å². The summed E-state index contributed by atoms with van der Waals surface area (Å²) in [6, 6.07) is 0. The summed E-state index contributed by atoms with van der Waals surface area (Å²) in [5.74, 6) is 1.08. The first-order valence-electron chi connectivity index (χ1n) is 5.89. The topological polar surface area (TPSA) is 79.4 Å². The van der Waals surface area contributed by atoms with Gasteiger partial charge in [-0.1, -0.05) is 12.1 Å². The van der Waals surface area contributed by atoms with Gasteiger partial charge in [-0.3, -0.25) is 4.90 Å². The molecule has 0 bridgehead atoms. The minimum absolute atomic E-state index is 0.338. The van der Waals surface area contributed by atoms with Crippen molar-refractivity contribution in [1.82, 2.24) is 25.1 Å². The van der Waals surface area contributed by atoms with E-state index in [2.05, 4.69) is 32.4 Å². The molecule has 2 heterocycles. The van der Waals surface area contributed by atoms with Gasteiger partial charge in [0.15, 0.2) is 5.82 Å². The number of nitrogens with zero attached hydrogens (tertiary/aromatic N) is 6. The Balaban J connectivity index is 1.96. The van der Waals surface area contributed by atoms with E-state index in [4.69, 9.17) is 5.21 Å². The lowest BCUT2D eigenvalue weighted by Crippen LogP contribution is -2.40. The van der Waals surface area contributed by atoms with Crippen LogP contribution in [0.4, 0.5) is 0 Å². The first-order valence-corrected chi connectivity index (χ1v) is 5.89. The molecule has 94 valence electrons. The summed E-state index contributed by atoms with van der Waals surface area (Å²) in [5.41, 5.74) is 0.913. The number of tetrazole rings is 1. The smallest absolute Gasteiger partial charge is 0.188 e. The largest absolute Gasteiger partial charge is 0.411 e. The molecule has 1 unspecified atom stereocenters. The molecule has 17 heavy (non-hydrogen) atoms. The fraction of sp³-hybridized carbons (Fsp3) is 0.800. The van der Waals surface area contributed by atoms with Crippen molar-refractivity contribution >= 4 is 5.71 Å². The third-order valence-electron chi connectivity index (χ3n) is 3.17. The predicted molar refractivity (Wildman–Crippen MR) is 61.7 cm³/mol. The Hall–Kier alpha value is -1.50. The van der Waals surface area contributed by atoms with Crippen molar-refractivity contribution in [3.05, 3.63) is 5.82 Å². The average Bonchev–Trinajstić information content (AvgIpc) is 2.74. The molecule has 0 spiro atoms. The van der Waals surface area contributed by atoms with E-state index in [1.54, 1.807) is 7.05 Å². The summed E-state index contributed by atoms with van der Waals surface area (Å²) in [6.07, 6.45) is 1.80. The minimum atomic E-state index is 0.338. The Morgan fingerprint density at radius 3 is 2.94 bits per heavy atom. The van der Waals surface area contributed by atoms with Crippen molar-refractivity contribution in [1.29, 1.82) is 0 Å². The minimum Gasteiger partial charge on any atom is -0.411 e. The van der Waals surface area contributed by atoms with Crippen molar-refractivity contribution in [3.8, 4) is 0 Å². The Kier molecular flexibility index (Phi) is 3.68. The molecule has 7 nitrogen and oxygen atoms in total. The highest BCUT2D eigenvalue weighted by atomic mass is 16.4. The molecule has 0 radical (unpaired) electrons. The van der Waals surface area contributed by atoms with Gasteiger partial charge in [-0.2, -0.15) is 4.80 Å². The molecule has 1 aromatic rings. The second-order valence-corrected chi connectivity index (χ2v) is 4.38. The molecule has 1 N–H and O–H groups in total. The lowest BCUT2D eigenvalue weighted by molar-refractivity contribution is 0.215. The molecule has 1 saturated heterocycles. The van der Waals surface area contributed by atoms with Crippen LogP contribution in [0.15, 0.2) is 5.16 Å². The summed E-state index contributed by atoms with van der Waals surface area (Å²) in [7, 11) is 1.76. The standard InChI is InChI=1S/C10H18N6O/c1-3-8-6-16(5-4-9(8)13-17)7-10-11-14-15(2)12-10/h8,17H,3-7H2,1-2H3. The fourth-order valence-electron chi connectivity index (χ4n) is 2.21. The van der Waals surface area contributed by atoms with E-state index in [0.29, 0.717) is 12.5 Å². The maximum Gasteiger partial charge on any atom is 0.188 e. The van der Waals surface area contributed by atoms with Crippen molar-refractivity contribution in [2.75, 3.05) is 13.1 Å². The van der Waals surface area contributed by atoms with Crippen LogP contribution in [0, 0.1) is 5.92 Å². The van der Waals surface area contributed by atoms with E-state index in [9.17, 15) is 0 Å². The second-order valence-electron chi connectivity index (χ2n) is 4.38. The van der Waals surface area contributed by atoms with Gasteiger partial charge in [0.05, 0.1) is 19.3 Å². The van der Waals surface area contributed by atoms with E-state index in [-0.39, 0.29) is 0 Å². The van der Waals surface area contributed by atoms with Crippen LogP contribution in [0.1, 0.15) is 25.6 Å². The molecule has 1 aliphatic heterocycles. The van der Waals surface area contributed by atoms with Crippen LogP contribution in [0.25, 0.3) is 0 Å². The number of piperidine rings is 1. The zero-order valence-electron chi connectivity index (χ0n) is 10.2. The van der Waals surface area contributed by atoms with Crippen molar-refractivity contribution in [2.45, 2.75) is 26.3 Å². The maximum atomic E-state index is 8.90. The third-order valence-corrected chi connectivity index (χ3v) is 3.17. The van der Waals surface area contributed by atoms with Gasteiger partial charge >= 0.3 is 0 Å². The lowest BCUT2D eigenvalue weighted by atomic mass is 9.93. The van der Waals surface area contributed by atoms with Crippen LogP contribution < -0.4 is 0 Å². The zero-order valence-corrected chi connectivity index (χ0v) is 10.2. The summed E-state index contributed by atoms with van der Waals surface area (Å²) >= 11 is 0. The van der Waals surface area contributed by atoms with Crippen LogP contribution in [0.5, 0.6) is 0 Å². The summed E-state index contributed by atoms with van der Waals surface area (Å²) in [4.78, 5) is 3.75. The molecule has 7 heteroatoms. The molecule has 1 atom stereocenters. The second kappa shape index (κ2) is 5.22. The van der Waals surface area contributed by atoms with E-state index in [1.165, 1.54) is 4.80 Å². The number of rotatable bonds is 3. The van der Waals surface area contributed by atoms with Crippen LogP contribution >= 0.6 is 0 Å². The molecule has 0 aromatic carbocycles. The number of aryl methyl sites for hydroxylation is 1. The van der Waals surface area contributed by atoms with Gasteiger partial charge in [-0.15, -0.1) is 10.2 Å². The number of hydrogen-bond donors (Lipinski definition) is 1. The van der Waals surface area contributed by atoms with Gasteiger partial charge in [-0.05, 0) is 11.6 Å². The van der Waals surface area contributed by atoms with Gasteiger partial charge in [0, 0.05) is 25.4 Å². The highest BCUT2D eigenvalue weighted by molar-refractivity contribution is 5.87. The van der Waals surface area contributed by atoms with Crippen molar-refractivity contribution < 1.29 is 5.21 Å². The number of oxime groups is 1. The number of likely N-dealkylation sites (tertiary alicyclic amines) is 1. The average molecular weight is 238 g/mol. The summed E-state index contributed by atoms with van der Waals surface area (Å²) in [6.45, 7) is 4.60. The van der Waals surface area contributed by atoms with Crippen LogP contribution in [-0.2, 0) is 13.6 Å². The third kappa shape index (κ3) is 2.79. The molecule has 0 amide bonds. The number of aromatic nitrogens is 4. The lowest BCUT2D eigenvalue weighted by Gasteiger charge is -2.31. The molecule has 1 aliphatic rings. The monoisotopic (exact) mass is 238 g/mol. The van der Waals surface area contributed by atoms with Gasteiger partial charge in [0.2, 0.25) is 0 Å². The molecular weight excluding hydrogens is 220 g/mol. The maximum absolute atomic E-state index is 8.90. The molecule has 2 rings (SSSR count). The number of hydrogen-bond acceptors (Lipinski definition) is 6. The highest BCUT2D eigenvalue weighted by Gasteiger charge is 2.25. The highest BCUT2D eigenvalue weighted by Crippen LogP contribution is 2.18. The first-order chi connectivity index (χ1) is 8.22. The Labute approximate surface area is 100 Å². The first kappa shape index (κ1) is 12.0. The SMILES string of the molecule is CCC1CN(Cc2nnn(C)n2)CCC1=NO. The normalized spacial score (nSPS) is 24.4. The Morgan fingerprint density at radius 2 is 2.35 bits per heavy atom. The van der Waals surface area contributed by atoms with Crippen molar-refractivity contribution in [3.63, 3.8) is 0 Å². The summed E-state index contributed by atoms with van der Waals surface area (Å²) in [5, 5.41) is 24.3. The fourth-order valence-corrected chi connectivity index (χ4v) is 2.21. The van der Waals surface area contributed by atoms with E-state index in [1.807, 2.05) is 0 Å². The van der Waals surface area contributed by atoms with Crippen molar-refractivity contribution in [2.24, 2.45) is 18.1 Å². The Bertz CT molecular complexity index is 401. The molecule has 0 saturated carbocycles. The summed E-state index contributed by atoms with van der Waals surface area (Å²) < 4.78 is 0. The molecule has 0 aliphatic carbocycles. The molecule has 1 fully saturated rings. The van der Waals surface area contributed by atoms with E-state index >= 15 is 0 Å².